The predicted octanol–water partition coefficient (Wildman–Crippen LogP) is -0.0892. The van der Waals surface area contributed by atoms with E-state index in [9.17, 15) is 4.79 Å². The van der Waals surface area contributed by atoms with Gasteiger partial charge in [0.25, 0.3) is 0 Å². The summed E-state index contributed by atoms with van der Waals surface area (Å²) >= 11 is 0. The molecule has 0 aliphatic carbocycles. The monoisotopic (exact) mass is 237 g/mol. The number of carboxylic acid groups (broad SMARTS) is 1. The van der Waals surface area contributed by atoms with Gasteiger partial charge < -0.3 is 20.1 Å². The fourth-order valence-electron chi connectivity index (χ4n) is 1.59. The van der Waals surface area contributed by atoms with Crippen LogP contribution in [0.4, 0.5) is 5.69 Å². The number of hydrogen-bond donors (Lipinski definition) is 3. The van der Waals surface area contributed by atoms with Crippen LogP contribution in [0.25, 0.3) is 0 Å². The van der Waals surface area contributed by atoms with Gasteiger partial charge in [-0.15, -0.1) is 0 Å². The first-order chi connectivity index (χ1) is 7.95. The minimum atomic E-state index is -1.66. The quantitative estimate of drug-likeness (QED) is 0.623. The summed E-state index contributed by atoms with van der Waals surface area (Å²) in [4.78, 5) is 12.8. The Hall–Kier alpha value is -1.53. The average Bonchev–Trinajstić information content (AvgIpc) is 2.28. The molecular formula is C11H16BNO4. The molecule has 17 heavy (non-hydrogen) atoms. The van der Waals surface area contributed by atoms with Crippen molar-refractivity contribution in [1.29, 1.82) is 0 Å². The van der Waals surface area contributed by atoms with Gasteiger partial charge in [-0.1, -0.05) is 6.92 Å². The first kappa shape index (κ1) is 13.5. The average molecular weight is 237 g/mol. The third kappa shape index (κ3) is 3.47. The Bertz CT molecular complexity index is 408. The molecule has 0 radical (unpaired) electrons. The highest BCUT2D eigenvalue weighted by Crippen LogP contribution is 2.14. The number of benzene rings is 1. The molecule has 0 heterocycles. The highest BCUT2D eigenvalue weighted by Gasteiger charge is 2.16. The Balaban J connectivity index is 3.16. The van der Waals surface area contributed by atoms with Crippen molar-refractivity contribution in [3.8, 4) is 0 Å². The molecule has 1 aromatic carbocycles. The summed E-state index contributed by atoms with van der Waals surface area (Å²) < 4.78 is 0. The van der Waals surface area contributed by atoms with Gasteiger partial charge >= 0.3 is 13.1 Å². The van der Waals surface area contributed by atoms with Gasteiger partial charge in [-0.05, 0) is 30.1 Å². The van der Waals surface area contributed by atoms with E-state index < -0.39 is 13.1 Å². The molecule has 1 rings (SSSR count). The van der Waals surface area contributed by atoms with Crippen LogP contribution in [0.1, 0.15) is 23.7 Å². The zero-order valence-corrected chi connectivity index (χ0v) is 9.92. The van der Waals surface area contributed by atoms with E-state index in [1.165, 1.54) is 12.1 Å². The summed E-state index contributed by atoms with van der Waals surface area (Å²) in [6.45, 7) is 2.78. The molecule has 0 bridgehead atoms. The zero-order valence-electron chi connectivity index (χ0n) is 9.92. The van der Waals surface area contributed by atoms with Crippen LogP contribution >= 0.6 is 0 Å². The van der Waals surface area contributed by atoms with E-state index in [0.717, 1.165) is 13.0 Å². The molecule has 3 N–H and O–H groups in total. The third-order valence-electron chi connectivity index (χ3n) is 2.48. The van der Waals surface area contributed by atoms with Gasteiger partial charge in [-0.2, -0.15) is 0 Å². The minimum Gasteiger partial charge on any atom is -0.478 e. The molecule has 6 heteroatoms. The molecule has 0 aliphatic heterocycles. The molecule has 0 aliphatic rings. The lowest BCUT2D eigenvalue weighted by atomic mass is 9.79. The largest absolute Gasteiger partial charge is 0.488 e. The van der Waals surface area contributed by atoms with Gasteiger partial charge in [0, 0.05) is 19.3 Å². The summed E-state index contributed by atoms with van der Waals surface area (Å²) in [5.41, 5.74) is 0.895. The second kappa shape index (κ2) is 5.70. The SMILES string of the molecule is CCCN(C)c1cc(B(O)O)cc(C(=O)O)c1. The first-order valence-corrected chi connectivity index (χ1v) is 5.41. The van der Waals surface area contributed by atoms with E-state index in [1.54, 1.807) is 6.07 Å². The van der Waals surface area contributed by atoms with E-state index >= 15 is 0 Å². The van der Waals surface area contributed by atoms with E-state index in [4.69, 9.17) is 15.2 Å². The van der Waals surface area contributed by atoms with Crippen LogP contribution in [0.5, 0.6) is 0 Å². The molecule has 0 atom stereocenters. The Morgan fingerprint density at radius 3 is 2.47 bits per heavy atom. The highest BCUT2D eigenvalue weighted by atomic mass is 16.4. The molecule has 0 amide bonds. The van der Waals surface area contributed by atoms with Gasteiger partial charge in [0.2, 0.25) is 0 Å². The van der Waals surface area contributed by atoms with Crippen molar-refractivity contribution in [2.45, 2.75) is 13.3 Å². The molecule has 1 aromatic rings. The predicted molar refractivity (Wildman–Crippen MR) is 66.8 cm³/mol. The van der Waals surface area contributed by atoms with Crippen LogP contribution in [0, 0.1) is 0 Å². The molecule has 92 valence electrons. The van der Waals surface area contributed by atoms with E-state index in [1.807, 2.05) is 18.9 Å². The van der Waals surface area contributed by atoms with Crippen LogP contribution < -0.4 is 10.4 Å². The second-order valence-corrected chi connectivity index (χ2v) is 3.91. The van der Waals surface area contributed by atoms with Crippen LogP contribution in [0.15, 0.2) is 18.2 Å². The summed E-state index contributed by atoms with van der Waals surface area (Å²) in [6.07, 6.45) is 0.921. The van der Waals surface area contributed by atoms with Crippen LogP contribution in [0.2, 0.25) is 0 Å². The van der Waals surface area contributed by atoms with Crippen molar-refractivity contribution in [2.24, 2.45) is 0 Å². The maximum Gasteiger partial charge on any atom is 0.488 e. The fraction of sp³-hybridized carbons (Fsp3) is 0.364. The van der Waals surface area contributed by atoms with Crippen molar-refractivity contribution >= 4 is 24.2 Å². The number of rotatable bonds is 5. The van der Waals surface area contributed by atoms with Gasteiger partial charge in [0.15, 0.2) is 0 Å². The molecule has 0 fully saturated rings. The molecule has 0 spiro atoms. The van der Waals surface area contributed by atoms with Crippen molar-refractivity contribution in [3.05, 3.63) is 23.8 Å². The summed E-state index contributed by atoms with van der Waals surface area (Å²) in [6, 6.07) is 4.35. The number of nitrogens with zero attached hydrogens (tertiary/aromatic N) is 1. The Morgan fingerprint density at radius 2 is 2.00 bits per heavy atom. The van der Waals surface area contributed by atoms with Crippen molar-refractivity contribution < 1.29 is 19.9 Å². The lowest BCUT2D eigenvalue weighted by Gasteiger charge is -2.19. The van der Waals surface area contributed by atoms with Crippen molar-refractivity contribution in [1.82, 2.24) is 0 Å². The van der Waals surface area contributed by atoms with Gasteiger partial charge in [0.05, 0.1) is 5.56 Å². The topological polar surface area (TPSA) is 81.0 Å². The standard InChI is InChI=1S/C11H16BNO4/c1-3-4-13(2)10-6-8(11(14)15)5-9(7-10)12(16)17/h5-7,16-17H,3-4H2,1-2H3,(H,14,15). The number of anilines is 1. The van der Waals surface area contributed by atoms with Gasteiger partial charge in [-0.3, -0.25) is 0 Å². The number of aromatic carboxylic acids is 1. The molecule has 0 aromatic heterocycles. The first-order valence-electron chi connectivity index (χ1n) is 5.41. The minimum absolute atomic E-state index is 0.0496. The van der Waals surface area contributed by atoms with Crippen LogP contribution in [0.3, 0.4) is 0 Å². The maximum absolute atomic E-state index is 10.9. The Kier molecular flexibility index (Phi) is 4.54. The van der Waals surface area contributed by atoms with E-state index in [2.05, 4.69) is 0 Å². The van der Waals surface area contributed by atoms with Crippen molar-refractivity contribution in [3.63, 3.8) is 0 Å². The summed E-state index contributed by atoms with van der Waals surface area (Å²) in [5.74, 6) is -1.08. The second-order valence-electron chi connectivity index (χ2n) is 3.91. The number of hydrogen-bond acceptors (Lipinski definition) is 4. The van der Waals surface area contributed by atoms with E-state index in [-0.39, 0.29) is 11.0 Å². The lowest BCUT2D eigenvalue weighted by molar-refractivity contribution is 0.0697. The lowest BCUT2D eigenvalue weighted by Crippen LogP contribution is -2.32. The highest BCUT2D eigenvalue weighted by molar-refractivity contribution is 6.58. The number of carboxylic acids is 1. The molecule has 0 saturated heterocycles. The fourth-order valence-corrected chi connectivity index (χ4v) is 1.59. The summed E-state index contributed by atoms with van der Waals surface area (Å²) in [7, 11) is 0.168. The zero-order chi connectivity index (χ0) is 13.0. The molecule has 0 saturated carbocycles. The van der Waals surface area contributed by atoms with Crippen molar-refractivity contribution in [2.75, 3.05) is 18.5 Å². The maximum atomic E-state index is 10.9. The van der Waals surface area contributed by atoms with Gasteiger partial charge in [-0.25, -0.2) is 4.79 Å². The molecular weight excluding hydrogens is 221 g/mol. The van der Waals surface area contributed by atoms with Crippen LogP contribution in [-0.2, 0) is 0 Å². The molecule has 5 nitrogen and oxygen atoms in total. The Labute approximate surface area is 100 Å². The Morgan fingerprint density at radius 1 is 1.35 bits per heavy atom. The number of carbonyl (C=O) groups is 1. The normalized spacial score (nSPS) is 10.1. The van der Waals surface area contributed by atoms with Gasteiger partial charge in [0.1, 0.15) is 0 Å². The third-order valence-corrected chi connectivity index (χ3v) is 2.48. The van der Waals surface area contributed by atoms with E-state index in [0.29, 0.717) is 5.69 Å². The van der Waals surface area contributed by atoms with Crippen LogP contribution in [-0.4, -0.2) is 41.8 Å². The molecule has 0 unspecified atom stereocenters. The summed E-state index contributed by atoms with van der Waals surface area (Å²) in [5, 5.41) is 27.2. The smallest absolute Gasteiger partial charge is 0.478 e.